The van der Waals surface area contributed by atoms with Crippen LogP contribution < -0.4 is 5.32 Å². The number of hydrogen-bond donors (Lipinski definition) is 2. The standard InChI is InChI=1S/C14H15NO2S/c1-10-4-5-13(12(9-10)14(16)17)15-7-6-11-3-2-8-18-11/h2-5,8-9,15H,6-7H2,1H3,(H,16,17). The van der Waals surface area contributed by atoms with E-state index in [1.807, 2.05) is 30.5 Å². The van der Waals surface area contributed by atoms with Crippen LogP contribution in [-0.2, 0) is 6.42 Å². The zero-order valence-corrected chi connectivity index (χ0v) is 11.0. The van der Waals surface area contributed by atoms with E-state index < -0.39 is 5.97 Å². The molecule has 1 aromatic carbocycles. The summed E-state index contributed by atoms with van der Waals surface area (Å²) in [7, 11) is 0. The zero-order valence-electron chi connectivity index (χ0n) is 10.1. The highest BCUT2D eigenvalue weighted by Crippen LogP contribution is 2.18. The summed E-state index contributed by atoms with van der Waals surface area (Å²) in [6.07, 6.45) is 0.907. The molecule has 0 fully saturated rings. The summed E-state index contributed by atoms with van der Waals surface area (Å²) in [5.74, 6) is -0.891. The van der Waals surface area contributed by atoms with Gasteiger partial charge >= 0.3 is 5.97 Å². The van der Waals surface area contributed by atoms with Crippen molar-refractivity contribution in [2.75, 3.05) is 11.9 Å². The summed E-state index contributed by atoms with van der Waals surface area (Å²) < 4.78 is 0. The lowest BCUT2D eigenvalue weighted by Crippen LogP contribution is -2.09. The van der Waals surface area contributed by atoms with Crippen LogP contribution >= 0.6 is 11.3 Å². The molecule has 2 N–H and O–H groups in total. The first kappa shape index (κ1) is 12.6. The number of aromatic carboxylic acids is 1. The van der Waals surface area contributed by atoms with Crippen molar-refractivity contribution in [1.29, 1.82) is 0 Å². The summed E-state index contributed by atoms with van der Waals surface area (Å²) in [5.41, 5.74) is 1.97. The summed E-state index contributed by atoms with van der Waals surface area (Å²) in [6.45, 7) is 2.63. The highest BCUT2D eigenvalue weighted by Gasteiger charge is 2.09. The van der Waals surface area contributed by atoms with Gasteiger partial charge in [-0.1, -0.05) is 17.7 Å². The van der Waals surface area contributed by atoms with Crippen molar-refractivity contribution in [3.63, 3.8) is 0 Å². The minimum absolute atomic E-state index is 0.334. The fourth-order valence-corrected chi connectivity index (χ4v) is 2.47. The number of hydrogen-bond acceptors (Lipinski definition) is 3. The maximum absolute atomic E-state index is 11.1. The lowest BCUT2D eigenvalue weighted by atomic mass is 10.1. The van der Waals surface area contributed by atoms with Crippen LogP contribution in [0.15, 0.2) is 35.7 Å². The molecular formula is C14H15NO2S. The Morgan fingerprint density at radius 2 is 2.22 bits per heavy atom. The molecule has 1 heterocycles. The van der Waals surface area contributed by atoms with E-state index in [1.54, 1.807) is 17.4 Å². The number of rotatable bonds is 5. The minimum Gasteiger partial charge on any atom is -0.478 e. The monoisotopic (exact) mass is 261 g/mol. The van der Waals surface area contributed by atoms with Crippen molar-refractivity contribution in [3.8, 4) is 0 Å². The molecule has 0 saturated heterocycles. The molecule has 0 aliphatic rings. The van der Waals surface area contributed by atoms with Crippen molar-refractivity contribution in [2.45, 2.75) is 13.3 Å². The van der Waals surface area contributed by atoms with Crippen LogP contribution in [0.5, 0.6) is 0 Å². The minimum atomic E-state index is -0.891. The summed E-state index contributed by atoms with van der Waals surface area (Å²) in [6, 6.07) is 9.54. The molecule has 0 amide bonds. The van der Waals surface area contributed by atoms with Gasteiger partial charge in [-0.2, -0.15) is 0 Å². The Morgan fingerprint density at radius 3 is 2.89 bits per heavy atom. The molecule has 0 aliphatic heterocycles. The molecule has 0 bridgehead atoms. The van der Waals surface area contributed by atoms with Gasteiger partial charge in [0.2, 0.25) is 0 Å². The SMILES string of the molecule is Cc1ccc(NCCc2cccs2)c(C(=O)O)c1. The second kappa shape index (κ2) is 5.69. The van der Waals surface area contributed by atoms with E-state index in [9.17, 15) is 4.79 Å². The quantitative estimate of drug-likeness (QED) is 0.867. The van der Waals surface area contributed by atoms with Crippen LogP contribution in [0.3, 0.4) is 0 Å². The molecule has 18 heavy (non-hydrogen) atoms. The van der Waals surface area contributed by atoms with Crippen LogP contribution in [0, 0.1) is 6.92 Å². The molecule has 0 atom stereocenters. The molecule has 0 aliphatic carbocycles. The van der Waals surface area contributed by atoms with Crippen molar-refractivity contribution in [1.82, 2.24) is 0 Å². The molecule has 0 radical (unpaired) electrons. The van der Waals surface area contributed by atoms with Gasteiger partial charge in [0, 0.05) is 17.1 Å². The Balaban J connectivity index is 2.02. The number of carboxylic acid groups (broad SMARTS) is 1. The summed E-state index contributed by atoms with van der Waals surface area (Å²) in [5, 5.41) is 14.4. The third kappa shape index (κ3) is 3.11. The van der Waals surface area contributed by atoms with Gasteiger partial charge in [-0.3, -0.25) is 0 Å². The fourth-order valence-electron chi connectivity index (χ4n) is 1.76. The number of anilines is 1. The average molecular weight is 261 g/mol. The highest BCUT2D eigenvalue weighted by atomic mass is 32.1. The highest BCUT2D eigenvalue weighted by molar-refractivity contribution is 7.09. The van der Waals surface area contributed by atoms with Crippen molar-refractivity contribution >= 4 is 23.0 Å². The van der Waals surface area contributed by atoms with Crippen LogP contribution in [0.25, 0.3) is 0 Å². The Labute approximate surface area is 110 Å². The normalized spacial score (nSPS) is 10.3. The van der Waals surface area contributed by atoms with Gasteiger partial charge in [0.15, 0.2) is 0 Å². The maximum atomic E-state index is 11.1. The Morgan fingerprint density at radius 1 is 1.39 bits per heavy atom. The number of benzene rings is 1. The molecule has 4 heteroatoms. The molecule has 0 spiro atoms. The molecule has 94 valence electrons. The average Bonchev–Trinajstić information content (AvgIpc) is 2.84. The Hall–Kier alpha value is -1.81. The zero-order chi connectivity index (χ0) is 13.0. The van der Waals surface area contributed by atoms with Gasteiger partial charge in [0.1, 0.15) is 0 Å². The number of carboxylic acids is 1. The smallest absolute Gasteiger partial charge is 0.337 e. The second-order valence-corrected chi connectivity index (χ2v) is 5.14. The molecule has 0 unspecified atom stereocenters. The molecule has 0 saturated carbocycles. The number of thiophene rings is 1. The number of carbonyl (C=O) groups is 1. The second-order valence-electron chi connectivity index (χ2n) is 4.11. The van der Waals surface area contributed by atoms with E-state index in [-0.39, 0.29) is 0 Å². The molecule has 3 nitrogen and oxygen atoms in total. The molecular weight excluding hydrogens is 246 g/mol. The summed E-state index contributed by atoms with van der Waals surface area (Å²) >= 11 is 1.71. The summed E-state index contributed by atoms with van der Waals surface area (Å²) in [4.78, 5) is 12.4. The first-order valence-corrected chi connectivity index (χ1v) is 6.65. The number of nitrogens with one attached hydrogen (secondary N) is 1. The first-order chi connectivity index (χ1) is 8.66. The third-order valence-electron chi connectivity index (χ3n) is 2.67. The Bertz CT molecular complexity index is 535. The topological polar surface area (TPSA) is 49.3 Å². The Kier molecular flexibility index (Phi) is 3.99. The van der Waals surface area contributed by atoms with Crippen LogP contribution in [0.2, 0.25) is 0 Å². The van der Waals surface area contributed by atoms with E-state index >= 15 is 0 Å². The van der Waals surface area contributed by atoms with Gasteiger partial charge in [0.05, 0.1) is 5.56 Å². The van der Waals surface area contributed by atoms with E-state index in [2.05, 4.69) is 11.4 Å². The molecule has 1 aromatic heterocycles. The van der Waals surface area contributed by atoms with Gasteiger partial charge in [-0.25, -0.2) is 4.79 Å². The van der Waals surface area contributed by atoms with E-state index in [0.717, 1.165) is 18.5 Å². The van der Waals surface area contributed by atoms with Crippen LogP contribution in [0.1, 0.15) is 20.8 Å². The van der Waals surface area contributed by atoms with E-state index in [1.165, 1.54) is 4.88 Å². The third-order valence-corrected chi connectivity index (χ3v) is 3.61. The lowest BCUT2D eigenvalue weighted by Gasteiger charge is -2.09. The maximum Gasteiger partial charge on any atom is 0.337 e. The van der Waals surface area contributed by atoms with Gasteiger partial charge in [-0.15, -0.1) is 11.3 Å². The van der Waals surface area contributed by atoms with Crippen molar-refractivity contribution in [2.24, 2.45) is 0 Å². The van der Waals surface area contributed by atoms with E-state index in [4.69, 9.17) is 5.11 Å². The van der Waals surface area contributed by atoms with Crippen LogP contribution in [-0.4, -0.2) is 17.6 Å². The first-order valence-electron chi connectivity index (χ1n) is 5.77. The van der Waals surface area contributed by atoms with Crippen LogP contribution in [0.4, 0.5) is 5.69 Å². The van der Waals surface area contributed by atoms with Crippen molar-refractivity contribution in [3.05, 3.63) is 51.7 Å². The van der Waals surface area contributed by atoms with Gasteiger partial charge < -0.3 is 10.4 Å². The molecule has 2 rings (SSSR count). The van der Waals surface area contributed by atoms with Crippen molar-refractivity contribution < 1.29 is 9.90 Å². The predicted octanol–water partition coefficient (Wildman–Crippen LogP) is 3.41. The molecule has 2 aromatic rings. The fraction of sp³-hybridized carbons (Fsp3) is 0.214. The van der Waals surface area contributed by atoms with Gasteiger partial charge in [0.25, 0.3) is 0 Å². The largest absolute Gasteiger partial charge is 0.478 e. The van der Waals surface area contributed by atoms with Gasteiger partial charge in [-0.05, 0) is 36.9 Å². The lowest BCUT2D eigenvalue weighted by molar-refractivity contribution is 0.0698. The van der Waals surface area contributed by atoms with E-state index in [0.29, 0.717) is 11.3 Å². The number of aryl methyl sites for hydroxylation is 1. The predicted molar refractivity (Wildman–Crippen MR) is 74.7 cm³/mol.